The van der Waals surface area contributed by atoms with Crippen LogP contribution in [-0.2, 0) is 4.74 Å². The molecule has 3 aromatic rings. The van der Waals surface area contributed by atoms with Gasteiger partial charge < -0.3 is 9.47 Å². The van der Waals surface area contributed by atoms with Gasteiger partial charge in [0.25, 0.3) is 0 Å². The third-order valence-corrected chi connectivity index (χ3v) is 4.81. The number of methoxy groups -OCH3 is 1. The molecule has 0 bridgehead atoms. The van der Waals surface area contributed by atoms with Crippen molar-refractivity contribution in [1.29, 1.82) is 0 Å². The molecule has 0 aliphatic heterocycles. The standard InChI is InChI=1S/C24H26O2/c1-4-18(2)19-14-16-23(17-15-19)26-24(25-3)22-12-10-21(11-13-22)20-8-6-5-7-9-20/h5-18,24H,4H2,1-3H3. The van der Waals surface area contributed by atoms with Crippen LogP contribution in [0.5, 0.6) is 5.75 Å². The first-order valence-corrected chi connectivity index (χ1v) is 9.16. The topological polar surface area (TPSA) is 18.5 Å². The molecule has 3 rings (SSSR count). The Morgan fingerprint density at radius 1 is 0.731 bits per heavy atom. The molecule has 2 atom stereocenters. The molecule has 0 fully saturated rings. The summed E-state index contributed by atoms with van der Waals surface area (Å²) in [6.07, 6.45) is 0.712. The van der Waals surface area contributed by atoms with E-state index in [9.17, 15) is 0 Å². The van der Waals surface area contributed by atoms with E-state index < -0.39 is 6.29 Å². The highest BCUT2D eigenvalue weighted by molar-refractivity contribution is 5.63. The van der Waals surface area contributed by atoms with Gasteiger partial charge in [-0.3, -0.25) is 0 Å². The molecule has 0 aliphatic rings. The molecule has 3 aromatic carbocycles. The van der Waals surface area contributed by atoms with Gasteiger partial charge in [-0.25, -0.2) is 0 Å². The van der Waals surface area contributed by atoms with Crippen LogP contribution in [0.25, 0.3) is 11.1 Å². The van der Waals surface area contributed by atoms with E-state index in [1.165, 1.54) is 16.7 Å². The van der Waals surface area contributed by atoms with E-state index in [-0.39, 0.29) is 0 Å². The molecule has 2 nitrogen and oxygen atoms in total. The van der Waals surface area contributed by atoms with Crippen LogP contribution in [0.15, 0.2) is 78.9 Å². The monoisotopic (exact) mass is 346 g/mol. The van der Waals surface area contributed by atoms with Crippen molar-refractivity contribution in [2.45, 2.75) is 32.5 Å². The van der Waals surface area contributed by atoms with Gasteiger partial charge >= 0.3 is 0 Å². The van der Waals surface area contributed by atoms with Crippen molar-refractivity contribution in [1.82, 2.24) is 0 Å². The van der Waals surface area contributed by atoms with Gasteiger partial charge in [-0.2, -0.15) is 0 Å². The maximum Gasteiger partial charge on any atom is 0.226 e. The number of hydrogen-bond donors (Lipinski definition) is 0. The number of hydrogen-bond acceptors (Lipinski definition) is 2. The molecular weight excluding hydrogens is 320 g/mol. The third kappa shape index (κ3) is 4.33. The molecule has 2 heteroatoms. The van der Waals surface area contributed by atoms with Gasteiger partial charge in [0.05, 0.1) is 0 Å². The summed E-state index contributed by atoms with van der Waals surface area (Å²) in [4.78, 5) is 0. The van der Waals surface area contributed by atoms with Crippen LogP contribution in [0.3, 0.4) is 0 Å². The molecule has 2 unspecified atom stereocenters. The highest BCUT2D eigenvalue weighted by atomic mass is 16.7. The number of benzene rings is 3. The van der Waals surface area contributed by atoms with Gasteiger partial charge in [0.1, 0.15) is 5.75 Å². The SMILES string of the molecule is CCC(C)c1ccc(OC(OC)c2ccc(-c3ccccc3)cc2)cc1. The Balaban J connectivity index is 1.72. The minimum absolute atomic E-state index is 0.422. The maximum atomic E-state index is 6.04. The highest BCUT2D eigenvalue weighted by Gasteiger charge is 2.13. The predicted molar refractivity (Wildman–Crippen MR) is 107 cm³/mol. The lowest BCUT2D eigenvalue weighted by Gasteiger charge is -2.19. The summed E-state index contributed by atoms with van der Waals surface area (Å²) < 4.78 is 11.6. The Hall–Kier alpha value is -2.58. The Morgan fingerprint density at radius 2 is 1.31 bits per heavy atom. The molecule has 0 saturated heterocycles. The van der Waals surface area contributed by atoms with Crippen molar-refractivity contribution in [2.75, 3.05) is 7.11 Å². The molecule has 0 amide bonds. The molecule has 0 heterocycles. The first kappa shape index (κ1) is 18.2. The zero-order valence-corrected chi connectivity index (χ0v) is 15.7. The lowest BCUT2D eigenvalue weighted by atomic mass is 9.99. The molecule has 134 valence electrons. The zero-order valence-electron chi connectivity index (χ0n) is 15.7. The van der Waals surface area contributed by atoms with E-state index in [1.54, 1.807) is 7.11 Å². The van der Waals surface area contributed by atoms with E-state index >= 15 is 0 Å². The first-order valence-electron chi connectivity index (χ1n) is 9.16. The van der Waals surface area contributed by atoms with Gasteiger partial charge in [-0.05, 0) is 41.2 Å². The highest BCUT2D eigenvalue weighted by Crippen LogP contribution is 2.27. The molecule has 0 spiro atoms. The fourth-order valence-corrected chi connectivity index (χ4v) is 2.95. The molecule has 0 N–H and O–H groups in total. The third-order valence-electron chi connectivity index (χ3n) is 4.81. The minimum Gasteiger partial charge on any atom is -0.461 e. The van der Waals surface area contributed by atoms with E-state index in [1.807, 2.05) is 30.3 Å². The van der Waals surface area contributed by atoms with Gasteiger partial charge in [0.2, 0.25) is 6.29 Å². The Labute approximate surface area is 156 Å². The quantitative estimate of drug-likeness (QED) is 0.449. The average molecular weight is 346 g/mol. The summed E-state index contributed by atoms with van der Waals surface area (Å²) >= 11 is 0. The first-order chi connectivity index (χ1) is 12.7. The Kier molecular flexibility index (Phi) is 6.08. The Morgan fingerprint density at radius 3 is 1.88 bits per heavy atom. The normalized spacial score (nSPS) is 13.2. The molecule has 0 aromatic heterocycles. The number of ether oxygens (including phenoxy) is 2. The van der Waals surface area contributed by atoms with Crippen molar-refractivity contribution < 1.29 is 9.47 Å². The second kappa shape index (κ2) is 8.68. The summed E-state index contributed by atoms with van der Waals surface area (Å²) in [5.41, 5.74) is 4.72. The molecule has 0 radical (unpaired) electrons. The van der Waals surface area contributed by atoms with Crippen molar-refractivity contribution >= 4 is 0 Å². The van der Waals surface area contributed by atoms with Crippen LogP contribution in [0.1, 0.15) is 43.6 Å². The molecular formula is C24H26O2. The van der Waals surface area contributed by atoms with Crippen LogP contribution in [-0.4, -0.2) is 7.11 Å². The fourth-order valence-electron chi connectivity index (χ4n) is 2.95. The maximum absolute atomic E-state index is 6.04. The second-order valence-electron chi connectivity index (χ2n) is 6.55. The summed E-state index contributed by atoms with van der Waals surface area (Å²) in [5.74, 6) is 1.38. The number of rotatable bonds is 7. The largest absolute Gasteiger partial charge is 0.461 e. The zero-order chi connectivity index (χ0) is 18.4. The van der Waals surface area contributed by atoms with E-state index in [0.717, 1.165) is 17.7 Å². The van der Waals surface area contributed by atoms with Crippen molar-refractivity contribution in [3.63, 3.8) is 0 Å². The van der Waals surface area contributed by atoms with Gasteiger partial charge in [0, 0.05) is 12.7 Å². The summed E-state index contributed by atoms with van der Waals surface area (Å²) in [6.45, 7) is 4.44. The average Bonchev–Trinajstić information content (AvgIpc) is 2.72. The summed E-state index contributed by atoms with van der Waals surface area (Å²) in [7, 11) is 1.67. The summed E-state index contributed by atoms with van der Waals surface area (Å²) in [5, 5.41) is 0. The summed E-state index contributed by atoms with van der Waals surface area (Å²) in [6, 6.07) is 27.0. The van der Waals surface area contributed by atoms with Crippen LogP contribution in [0.4, 0.5) is 0 Å². The molecule has 0 aliphatic carbocycles. The van der Waals surface area contributed by atoms with Crippen molar-refractivity contribution in [3.05, 3.63) is 90.0 Å². The van der Waals surface area contributed by atoms with E-state index in [4.69, 9.17) is 9.47 Å². The van der Waals surface area contributed by atoms with Crippen molar-refractivity contribution in [3.8, 4) is 16.9 Å². The van der Waals surface area contributed by atoms with Gasteiger partial charge in [-0.15, -0.1) is 0 Å². The smallest absolute Gasteiger partial charge is 0.226 e. The van der Waals surface area contributed by atoms with Crippen LogP contribution in [0.2, 0.25) is 0 Å². The van der Waals surface area contributed by atoms with Crippen LogP contribution in [0, 0.1) is 0 Å². The van der Waals surface area contributed by atoms with Crippen LogP contribution < -0.4 is 4.74 Å². The predicted octanol–water partition coefficient (Wildman–Crippen LogP) is 6.59. The molecule has 26 heavy (non-hydrogen) atoms. The van der Waals surface area contributed by atoms with Crippen molar-refractivity contribution in [2.24, 2.45) is 0 Å². The lowest BCUT2D eigenvalue weighted by Crippen LogP contribution is -2.09. The fraction of sp³-hybridized carbons (Fsp3) is 0.250. The molecule has 0 saturated carbocycles. The minimum atomic E-state index is -0.422. The van der Waals surface area contributed by atoms with Gasteiger partial charge in [-0.1, -0.05) is 80.6 Å². The second-order valence-corrected chi connectivity index (χ2v) is 6.55. The lowest BCUT2D eigenvalue weighted by molar-refractivity contribution is -0.0562. The van der Waals surface area contributed by atoms with Crippen LogP contribution >= 0.6 is 0 Å². The van der Waals surface area contributed by atoms with Gasteiger partial charge in [0.15, 0.2) is 0 Å². The Bertz CT molecular complexity index is 792. The van der Waals surface area contributed by atoms with E-state index in [2.05, 4.69) is 62.4 Å². The van der Waals surface area contributed by atoms with E-state index in [0.29, 0.717) is 5.92 Å².